The molecule has 110 valence electrons. The third-order valence-electron chi connectivity index (χ3n) is 2.59. The molecule has 1 aromatic rings. The number of aromatic amines is 2. The Labute approximate surface area is 116 Å². The summed E-state index contributed by atoms with van der Waals surface area (Å²) in [6.45, 7) is 6.76. The van der Waals surface area contributed by atoms with Gasteiger partial charge >= 0.3 is 11.8 Å². The van der Waals surface area contributed by atoms with Crippen LogP contribution in [0.1, 0.15) is 26.6 Å². The van der Waals surface area contributed by atoms with Crippen LogP contribution in [0.25, 0.3) is 0 Å². The Balaban J connectivity index is 2.07. The molecule has 0 aromatic carbocycles. The van der Waals surface area contributed by atoms with E-state index in [1.54, 1.807) is 5.01 Å². The molecule has 1 amide bonds. The normalized spacial score (nSPS) is 16.4. The third-order valence-corrected chi connectivity index (χ3v) is 2.59. The molecule has 1 aromatic heterocycles. The fourth-order valence-corrected chi connectivity index (χ4v) is 1.79. The lowest BCUT2D eigenvalue weighted by atomic mass is 10.2. The Morgan fingerprint density at radius 3 is 2.70 bits per heavy atom. The molecule has 0 saturated carbocycles. The van der Waals surface area contributed by atoms with Gasteiger partial charge in [-0.15, -0.1) is 0 Å². The van der Waals surface area contributed by atoms with Crippen LogP contribution >= 0.6 is 0 Å². The first-order valence-corrected chi connectivity index (χ1v) is 6.39. The van der Waals surface area contributed by atoms with E-state index in [0.717, 1.165) is 0 Å². The fourth-order valence-electron chi connectivity index (χ4n) is 1.79. The number of nitrogens with one attached hydrogen (secondary N) is 2. The van der Waals surface area contributed by atoms with E-state index in [1.165, 1.54) is 5.01 Å². The molecule has 1 aliphatic heterocycles. The second kappa shape index (κ2) is 5.49. The van der Waals surface area contributed by atoms with Crippen LogP contribution in [-0.2, 0) is 11.3 Å². The smallest absolute Gasteiger partial charge is 0.425 e. The van der Waals surface area contributed by atoms with Gasteiger partial charge in [-0.25, -0.2) is 24.7 Å². The van der Waals surface area contributed by atoms with Gasteiger partial charge in [0.15, 0.2) is 0 Å². The second-order valence-corrected chi connectivity index (χ2v) is 5.51. The maximum Gasteiger partial charge on any atom is 0.425 e. The Kier molecular flexibility index (Phi) is 3.93. The molecule has 0 bridgehead atoms. The first kappa shape index (κ1) is 14.3. The minimum Gasteiger partial charge on any atom is -0.443 e. The monoisotopic (exact) mass is 281 g/mol. The van der Waals surface area contributed by atoms with Gasteiger partial charge in [-0.1, -0.05) is 12.2 Å². The van der Waals surface area contributed by atoms with Gasteiger partial charge in [0.2, 0.25) is 0 Å². The minimum atomic E-state index is -0.551. The van der Waals surface area contributed by atoms with Crippen molar-refractivity contribution in [1.82, 2.24) is 25.2 Å². The number of aromatic nitrogens is 3. The first-order valence-electron chi connectivity index (χ1n) is 6.39. The van der Waals surface area contributed by atoms with Crippen LogP contribution in [0.4, 0.5) is 4.79 Å². The van der Waals surface area contributed by atoms with E-state index in [9.17, 15) is 9.59 Å². The van der Waals surface area contributed by atoms with Crippen LogP contribution in [-0.4, -0.2) is 50.0 Å². The number of hydrogen-bond acceptors (Lipinski definition) is 5. The molecule has 0 unspecified atom stereocenters. The van der Waals surface area contributed by atoms with Crippen LogP contribution in [0.5, 0.6) is 0 Å². The van der Waals surface area contributed by atoms with Crippen LogP contribution in [0.3, 0.4) is 0 Å². The summed E-state index contributed by atoms with van der Waals surface area (Å²) in [6, 6.07) is 0. The van der Waals surface area contributed by atoms with Crippen LogP contribution in [0, 0.1) is 0 Å². The average molecular weight is 281 g/mol. The Morgan fingerprint density at radius 1 is 1.40 bits per heavy atom. The number of hydrogen-bond donors (Lipinski definition) is 2. The summed E-state index contributed by atoms with van der Waals surface area (Å²) < 4.78 is 5.36. The number of carbonyl (C=O) groups is 1. The highest BCUT2D eigenvalue weighted by Crippen LogP contribution is 2.14. The number of ether oxygens (including phenoxy) is 1. The number of hydrazine groups is 1. The maximum absolute atomic E-state index is 12.1. The van der Waals surface area contributed by atoms with Gasteiger partial charge in [0.25, 0.3) is 0 Å². The molecule has 0 atom stereocenters. The molecule has 8 nitrogen and oxygen atoms in total. The summed E-state index contributed by atoms with van der Waals surface area (Å²) in [5.74, 6) is 0.471. The Hall–Kier alpha value is -2.09. The fraction of sp³-hybridized carbons (Fsp3) is 0.583. The molecule has 0 radical (unpaired) electrons. The Bertz CT molecular complexity index is 554. The zero-order chi connectivity index (χ0) is 14.8. The number of rotatable bonds is 2. The highest BCUT2D eigenvalue weighted by molar-refractivity contribution is 5.68. The molecule has 0 fully saturated rings. The van der Waals surface area contributed by atoms with Crippen molar-refractivity contribution in [3.8, 4) is 0 Å². The van der Waals surface area contributed by atoms with Crippen molar-refractivity contribution < 1.29 is 9.53 Å². The molecule has 0 spiro atoms. The van der Waals surface area contributed by atoms with Crippen LogP contribution < -0.4 is 5.69 Å². The molecular weight excluding hydrogens is 262 g/mol. The standard InChI is InChI=1S/C12H19N5O3/c1-12(2,3)20-11(19)17-7-5-4-6-16(17)8-9-13-10(18)15-14-9/h4-5H,6-8H2,1-3H3,(H2,13,14,15,18). The highest BCUT2D eigenvalue weighted by Gasteiger charge is 2.27. The van der Waals surface area contributed by atoms with Gasteiger partial charge in [-0.3, -0.25) is 4.98 Å². The molecule has 2 rings (SSSR count). The highest BCUT2D eigenvalue weighted by atomic mass is 16.6. The first-order chi connectivity index (χ1) is 9.35. The largest absolute Gasteiger partial charge is 0.443 e. The predicted molar refractivity (Wildman–Crippen MR) is 71.7 cm³/mol. The lowest BCUT2D eigenvalue weighted by Gasteiger charge is -2.36. The van der Waals surface area contributed by atoms with E-state index in [-0.39, 0.29) is 5.69 Å². The van der Waals surface area contributed by atoms with Crippen molar-refractivity contribution in [2.45, 2.75) is 32.9 Å². The molecule has 2 N–H and O–H groups in total. The van der Waals surface area contributed by atoms with E-state index in [0.29, 0.717) is 25.5 Å². The summed E-state index contributed by atoms with van der Waals surface area (Å²) in [7, 11) is 0. The zero-order valence-electron chi connectivity index (χ0n) is 11.8. The SMILES string of the molecule is CC(C)(C)OC(=O)N1CC=CCN1Cc1n[nH]c(=O)[nH]1. The molecule has 1 aliphatic rings. The number of H-pyrrole nitrogens is 2. The van der Waals surface area contributed by atoms with E-state index < -0.39 is 11.7 Å². The van der Waals surface area contributed by atoms with E-state index in [2.05, 4.69) is 15.2 Å². The van der Waals surface area contributed by atoms with Gasteiger partial charge in [0, 0.05) is 6.54 Å². The van der Waals surface area contributed by atoms with Gasteiger partial charge in [-0.05, 0) is 20.8 Å². The summed E-state index contributed by atoms with van der Waals surface area (Å²) >= 11 is 0. The van der Waals surface area contributed by atoms with Crippen molar-refractivity contribution in [3.63, 3.8) is 0 Å². The van der Waals surface area contributed by atoms with Crippen molar-refractivity contribution in [3.05, 3.63) is 28.5 Å². The number of nitrogens with zero attached hydrogens (tertiary/aromatic N) is 3. The molecule has 20 heavy (non-hydrogen) atoms. The van der Waals surface area contributed by atoms with E-state index >= 15 is 0 Å². The third kappa shape index (κ3) is 3.70. The maximum atomic E-state index is 12.1. The summed E-state index contributed by atoms with van der Waals surface area (Å²) in [5, 5.41) is 9.40. The molecule has 8 heteroatoms. The van der Waals surface area contributed by atoms with Gasteiger partial charge in [0.1, 0.15) is 11.4 Å². The summed E-state index contributed by atoms with van der Waals surface area (Å²) in [4.78, 5) is 25.7. The minimum absolute atomic E-state index is 0.322. The molecular formula is C12H19N5O3. The van der Waals surface area contributed by atoms with Crippen LogP contribution in [0.15, 0.2) is 16.9 Å². The topological polar surface area (TPSA) is 94.3 Å². The van der Waals surface area contributed by atoms with Crippen LogP contribution in [0.2, 0.25) is 0 Å². The number of carbonyl (C=O) groups excluding carboxylic acids is 1. The Morgan fingerprint density at radius 2 is 2.10 bits per heavy atom. The van der Waals surface area contributed by atoms with Crippen molar-refractivity contribution in [1.29, 1.82) is 0 Å². The quantitative estimate of drug-likeness (QED) is 0.775. The second-order valence-electron chi connectivity index (χ2n) is 5.51. The van der Waals surface area contributed by atoms with Crippen molar-refractivity contribution >= 4 is 6.09 Å². The molecule has 0 aliphatic carbocycles. The van der Waals surface area contributed by atoms with Gasteiger partial charge in [0.05, 0.1) is 13.1 Å². The lowest BCUT2D eigenvalue weighted by Crippen LogP contribution is -2.50. The summed E-state index contributed by atoms with van der Waals surface area (Å²) in [5.41, 5.74) is -0.916. The molecule has 0 saturated heterocycles. The van der Waals surface area contributed by atoms with Crippen molar-refractivity contribution in [2.75, 3.05) is 13.1 Å². The average Bonchev–Trinajstić information content (AvgIpc) is 2.73. The number of amides is 1. The summed E-state index contributed by atoms with van der Waals surface area (Å²) in [6.07, 6.45) is 3.43. The van der Waals surface area contributed by atoms with E-state index in [1.807, 2.05) is 32.9 Å². The predicted octanol–water partition coefficient (Wildman–Crippen LogP) is 0.622. The lowest BCUT2D eigenvalue weighted by molar-refractivity contribution is -0.0489. The molecule has 2 heterocycles. The van der Waals surface area contributed by atoms with Crippen molar-refractivity contribution in [2.24, 2.45) is 0 Å². The van der Waals surface area contributed by atoms with Gasteiger partial charge < -0.3 is 4.74 Å². The zero-order valence-corrected chi connectivity index (χ0v) is 11.8. The van der Waals surface area contributed by atoms with Gasteiger partial charge in [-0.2, -0.15) is 5.10 Å². The van der Waals surface area contributed by atoms with E-state index in [4.69, 9.17) is 4.74 Å².